The van der Waals surface area contributed by atoms with Crippen LogP contribution in [0.5, 0.6) is 0 Å². The van der Waals surface area contributed by atoms with E-state index in [0.29, 0.717) is 27.7 Å². The summed E-state index contributed by atoms with van der Waals surface area (Å²) >= 11 is 1.44. The average molecular weight is 345 g/mol. The summed E-state index contributed by atoms with van der Waals surface area (Å²) in [6.07, 6.45) is 1.69. The summed E-state index contributed by atoms with van der Waals surface area (Å²) in [5.74, 6) is -0.253. The van der Waals surface area contributed by atoms with E-state index in [9.17, 15) is 9.18 Å². The van der Waals surface area contributed by atoms with Crippen molar-refractivity contribution < 1.29 is 13.9 Å². The van der Waals surface area contributed by atoms with Crippen molar-refractivity contribution in [1.82, 2.24) is 10.3 Å². The molecule has 1 aromatic heterocycles. The van der Waals surface area contributed by atoms with Gasteiger partial charge in [0, 0.05) is 17.3 Å². The van der Waals surface area contributed by atoms with Gasteiger partial charge in [-0.25, -0.2) is 19.2 Å². The van der Waals surface area contributed by atoms with E-state index in [1.54, 1.807) is 25.3 Å². The maximum Gasteiger partial charge on any atom is 0.338 e. The average Bonchev–Trinajstić information content (AvgIpc) is 3.09. The molecule has 0 bridgehead atoms. The van der Waals surface area contributed by atoms with Gasteiger partial charge in [0.25, 0.3) is 0 Å². The molecule has 1 atom stereocenters. The Morgan fingerprint density at radius 1 is 1.33 bits per heavy atom. The molecule has 1 aliphatic rings. The van der Waals surface area contributed by atoms with Crippen molar-refractivity contribution >= 4 is 23.1 Å². The smallest absolute Gasteiger partial charge is 0.338 e. The number of hydrogen-bond donors (Lipinski definition) is 1. The molecule has 7 heteroatoms. The summed E-state index contributed by atoms with van der Waals surface area (Å²) in [4.78, 5) is 21.3. The highest BCUT2D eigenvalue weighted by atomic mass is 32.1. The number of methoxy groups -OCH3 is 1. The highest BCUT2D eigenvalue weighted by molar-refractivity contribution is 7.11. The van der Waals surface area contributed by atoms with Crippen LogP contribution in [0.15, 0.2) is 52.1 Å². The van der Waals surface area contributed by atoms with Crippen LogP contribution in [0.1, 0.15) is 24.4 Å². The minimum Gasteiger partial charge on any atom is -0.466 e. The van der Waals surface area contributed by atoms with Gasteiger partial charge < -0.3 is 10.1 Å². The number of ether oxygens (including phenoxy) is 1. The molecule has 0 saturated heterocycles. The Morgan fingerprint density at radius 2 is 2.04 bits per heavy atom. The van der Waals surface area contributed by atoms with Gasteiger partial charge in [-0.1, -0.05) is 12.1 Å². The van der Waals surface area contributed by atoms with Crippen molar-refractivity contribution in [3.63, 3.8) is 0 Å². The van der Waals surface area contributed by atoms with Crippen LogP contribution < -0.4 is 5.32 Å². The molecule has 0 fully saturated rings. The second kappa shape index (κ2) is 6.16. The van der Waals surface area contributed by atoms with Gasteiger partial charge in [0.1, 0.15) is 11.4 Å². The normalized spacial score (nSPS) is 20.4. The molecule has 0 aliphatic carbocycles. The molecule has 124 valence electrons. The molecule has 0 unspecified atom stereocenters. The zero-order valence-electron chi connectivity index (χ0n) is 13.5. The fraction of sp³-hybridized carbons (Fsp3) is 0.235. The number of rotatable bonds is 3. The standard InChI is InChI=1S/C17H16FN3O2S/c1-10-13(16(22)23-3)17(2,11-4-6-12(18)7-5-11)21-14(20-10)15-19-8-9-24-15/h4-9H,1-3H3,(H,20,21)/t17-/m0/s1. The molecule has 0 saturated carbocycles. The van der Waals surface area contributed by atoms with Crippen LogP contribution in [0.3, 0.4) is 0 Å². The highest BCUT2D eigenvalue weighted by Gasteiger charge is 2.41. The highest BCUT2D eigenvalue weighted by Crippen LogP contribution is 2.38. The lowest BCUT2D eigenvalue weighted by Gasteiger charge is -2.33. The van der Waals surface area contributed by atoms with Crippen molar-refractivity contribution in [2.45, 2.75) is 19.4 Å². The first kappa shape index (κ1) is 16.3. The topological polar surface area (TPSA) is 63.6 Å². The van der Waals surface area contributed by atoms with Crippen LogP contribution in [-0.4, -0.2) is 23.9 Å². The molecule has 5 nitrogen and oxygen atoms in total. The Labute approximate surface area is 142 Å². The number of aromatic nitrogens is 1. The van der Waals surface area contributed by atoms with Crippen LogP contribution in [0.4, 0.5) is 4.39 Å². The lowest BCUT2D eigenvalue weighted by atomic mass is 9.82. The van der Waals surface area contributed by atoms with Gasteiger partial charge in [-0.15, -0.1) is 11.3 Å². The van der Waals surface area contributed by atoms with E-state index in [-0.39, 0.29) is 5.82 Å². The number of aliphatic imine (C=N–C) groups is 1. The van der Waals surface area contributed by atoms with Crippen molar-refractivity contribution in [1.29, 1.82) is 0 Å². The molecule has 2 aromatic rings. The SMILES string of the molecule is COC(=O)C1=C(C)NC(c2nccs2)=N[C@@]1(C)c1ccc(F)cc1. The number of hydrogen-bond acceptors (Lipinski definition) is 6. The van der Waals surface area contributed by atoms with Gasteiger partial charge in [0.15, 0.2) is 10.8 Å². The number of allylic oxidation sites excluding steroid dienone is 1. The monoisotopic (exact) mass is 345 g/mol. The number of nitrogens with zero attached hydrogens (tertiary/aromatic N) is 2. The van der Waals surface area contributed by atoms with E-state index in [4.69, 9.17) is 9.73 Å². The van der Waals surface area contributed by atoms with Crippen LogP contribution in [-0.2, 0) is 15.1 Å². The van der Waals surface area contributed by atoms with E-state index in [0.717, 1.165) is 0 Å². The van der Waals surface area contributed by atoms with E-state index >= 15 is 0 Å². The number of carbonyl (C=O) groups excluding carboxylic acids is 1. The summed E-state index contributed by atoms with van der Waals surface area (Å²) < 4.78 is 18.3. The molecular weight excluding hydrogens is 329 g/mol. The van der Waals surface area contributed by atoms with Gasteiger partial charge >= 0.3 is 5.97 Å². The lowest BCUT2D eigenvalue weighted by Crippen LogP contribution is -2.40. The summed E-state index contributed by atoms with van der Waals surface area (Å²) in [5.41, 5.74) is 0.710. The number of nitrogens with one attached hydrogen (secondary N) is 1. The van der Waals surface area contributed by atoms with Crippen LogP contribution in [0.2, 0.25) is 0 Å². The molecule has 1 aromatic carbocycles. The van der Waals surface area contributed by atoms with E-state index in [1.165, 1.54) is 30.6 Å². The predicted octanol–water partition coefficient (Wildman–Crippen LogP) is 2.99. The minimum atomic E-state index is -1.00. The molecule has 3 rings (SSSR count). The maximum absolute atomic E-state index is 13.3. The number of thiazole rings is 1. The first-order valence-electron chi connectivity index (χ1n) is 7.28. The van der Waals surface area contributed by atoms with Crippen LogP contribution in [0, 0.1) is 5.82 Å². The van der Waals surface area contributed by atoms with Crippen molar-refractivity contribution in [3.05, 3.63) is 63.5 Å². The zero-order valence-corrected chi connectivity index (χ0v) is 14.3. The maximum atomic E-state index is 13.3. The molecule has 24 heavy (non-hydrogen) atoms. The van der Waals surface area contributed by atoms with E-state index in [2.05, 4.69) is 10.3 Å². The molecule has 0 spiro atoms. The van der Waals surface area contributed by atoms with E-state index in [1.807, 2.05) is 12.3 Å². The Hall–Kier alpha value is -2.54. The fourth-order valence-corrected chi connectivity index (χ4v) is 3.37. The van der Waals surface area contributed by atoms with Crippen molar-refractivity contribution in [2.24, 2.45) is 4.99 Å². The quantitative estimate of drug-likeness (QED) is 0.869. The van der Waals surface area contributed by atoms with Crippen LogP contribution in [0.25, 0.3) is 0 Å². The fourth-order valence-electron chi connectivity index (χ4n) is 2.79. The molecular formula is C17H16FN3O2S. The number of carbonyl (C=O) groups is 1. The van der Waals surface area contributed by atoms with Crippen molar-refractivity contribution in [2.75, 3.05) is 7.11 Å². The summed E-state index contributed by atoms with van der Waals surface area (Å²) in [6, 6.07) is 5.95. The third-order valence-corrected chi connectivity index (χ3v) is 4.71. The van der Waals surface area contributed by atoms with Gasteiger partial charge in [0.05, 0.1) is 12.7 Å². The number of amidine groups is 1. The molecule has 0 radical (unpaired) electrons. The third kappa shape index (κ3) is 2.71. The third-order valence-electron chi connectivity index (χ3n) is 3.93. The zero-order chi connectivity index (χ0) is 17.3. The van der Waals surface area contributed by atoms with Gasteiger partial charge in [-0.3, -0.25) is 0 Å². The summed E-state index contributed by atoms with van der Waals surface area (Å²) in [7, 11) is 1.33. The molecule has 2 heterocycles. The second-order valence-corrected chi connectivity index (χ2v) is 6.39. The Morgan fingerprint density at radius 3 is 2.62 bits per heavy atom. The number of benzene rings is 1. The summed E-state index contributed by atoms with van der Waals surface area (Å²) in [6.45, 7) is 3.60. The lowest BCUT2D eigenvalue weighted by molar-refractivity contribution is -0.137. The van der Waals surface area contributed by atoms with E-state index < -0.39 is 11.5 Å². The second-order valence-electron chi connectivity index (χ2n) is 5.49. The molecule has 1 N–H and O–H groups in total. The molecule has 1 aliphatic heterocycles. The Kier molecular flexibility index (Phi) is 4.19. The van der Waals surface area contributed by atoms with Crippen molar-refractivity contribution in [3.8, 4) is 0 Å². The van der Waals surface area contributed by atoms with Gasteiger partial charge in [-0.2, -0.15) is 0 Å². The Bertz CT molecular complexity index is 828. The minimum absolute atomic E-state index is 0.347. The number of esters is 1. The van der Waals surface area contributed by atoms with Gasteiger partial charge in [0.2, 0.25) is 0 Å². The van der Waals surface area contributed by atoms with Gasteiger partial charge in [-0.05, 0) is 31.5 Å². The predicted molar refractivity (Wildman–Crippen MR) is 90.3 cm³/mol. The largest absolute Gasteiger partial charge is 0.466 e. The molecule has 0 amide bonds. The Balaban J connectivity index is 2.19. The summed E-state index contributed by atoms with van der Waals surface area (Å²) in [5, 5.41) is 5.69. The number of halogens is 1. The van der Waals surface area contributed by atoms with Crippen LogP contribution >= 0.6 is 11.3 Å². The first-order chi connectivity index (χ1) is 11.5. The first-order valence-corrected chi connectivity index (χ1v) is 8.16.